The molecule has 144 valence electrons. The number of hydrogen-bond donors (Lipinski definition) is 2. The van der Waals surface area contributed by atoms with Crippen LogP contribution in [0.3, 0.4) is 0 Å². The first-order valence-corrected chi connectivity index (χ1v) is 10.1. The molecule has 1 heterocycles. The molecule has 3 aromatic carbocycles. The molecule has 3 aromatic rings. The van der Waals surface area contributed by atoms with E-state index in [0.717, 1.165) is 37.2 Å². The minimum atomic E-state index is -0.0475. The molecule has 4 rings (SSSR count). The third-order valence-corrected chi connectivity index (χ3v) is 5.57. The number of anilines is 3. The Morgan fingerprint density at radius 2 is 1.64 bits per heavy atom. The second-order valence-corrected chi connectivity index (χ2v) is 8.02. The van der Waals surface area contributed by atoms with Gasteiger partial charge in [0.05, 0.1) is 5.54 Å². The first-order valence-electron chi connectivity index (χ1n) is 10.1. The maximum absolute atomic E-state index is 3.88. The molecular formula is C25H29N3. The Morgan fingerprint density at radius 3 is 2.43 bits per heavy atom. The van der Waals surface area contributed by atoms with Gasteiger partial charge in [-0.25, -0.2) is 0 Å². The third kappa shape index (κ3) is 4.05. The molecule has 0 radical (unpaired) electrons. The minimum Gasteiger partial charge on any atom is -0.375 e. The van der Waals surface area contributed by atoms with Crippen LogP contribution in [0.4, 0.5) is 17.1 Å². The number of nitrogens with one attached hydrogen (secondary N) is 2. The lowest BCUT2D eigenvalue weighted by molar-refractivity contribution is 0.357. The van der Waals surface area contributed by atoms with E-state index in [1.807, 2.05) is 6.07 Å². The van der Waals surface area contributed by atoms with Crippen LogP contribution in [0.2, 0.25) is 0 Å². The molecule has 1 atom stereocenters. The largest absolute Gasteiger partial charge is 0.375 e. The van der Waals surface area contributed by atoms with E-state index in [1.165, 1.54) is 16.8 Å². The van der Waals surface area contributed by atoms with Gasteiger partial charge >= 0.3 is 0 Å². The van der Waals surface area contributed by atoms with Crippen molar-refractivity contribution < 1.29 is 0 Å². The topological polar surface area (TPSA) is 27.3 Å². The predicted molar refractivity (Wildman–Crippen MR) is 119 cm³/mol. The van der Waals surface area contributed by atoms with E-state index < -0.39 is 0 Å². The van der Waals surface area contributed by atoms with Crippen molar-refractivity contribution in [1.82, 2.24) is 4.90 Å². The first-order chi connectivity index (χ1) is 13.6. The highest BCUT2D eigenvalue weighted by molar-refractivity contribution is 5.64. The lowest BCUT2D eigenvalue weighted by atomic mass is 9.82. The molecule has 3 heteroatoms. The third-order valence-electron chi connectivity index (χ3n) is 5.57. The van der Waals surface area contributed by atoms with E-state index in [-0.39, 0.29) is 5.54 Å². The Kier molecular flexibility index (Phi) is 5.36. The molecule has 0 spiro atoms. The fourth-order valence-corrected chi connectivity index (χ4v) is 4.17. The summed E-state index contributed by atoms with van der Waals surface area (Å²) >= 11 is 0. The van der Waals surface area contributed by atoms with Crippen molar-refractivity contribution in [1.29, 1.82) is 0 Å². The number of rotatable bonds is 7. The van der Waals surface area contributed by atoms with Crippen molar-refractivity contribution in [3.05, 3.63) is 90.0 Å². The zero-order valence-corrected chi connectivity index (χ0v) is 16.8. The van der Waals surface area contributed by atoms with E-state index in [4.69, 9.17) is 0 Å². The number of para-hydroxylation sites is 2. The summed E-state index contributed by atoms with van der Waals surface area (Å²) in [5.74, 6) is 0. The van der Waals surface area contributed by atoms with Gasteiger partial charge in [0.1, 0.15) is 0 Å². The van der Waals surface area contributed by atoms with Gasteiger partial charge in [0.15, 0.2) is 0 Å². The van der Waals surface area contributed by atoms with Gasteiger partial charge in [-0.15, -0.1) is 0 Å². The Hall–Kier alpha value is -2.78. The van der Waals surface area contributed by atoms with Crippen LogP contribution in [0, 0.1) is 0 Å². The van der Waals surface area contributed by atoms with Crippen LogP contribution < -0.4 is 10.6 Å². The van der Waals surface area contributed by atoms with Crippen LogP contribution in [0.15, 0.2) is 78.9 Å². The molecule has 0 bridgehead atoms. The zero-order chi connectivity index (χ0) is 19.4. The molecule has 0 fully saturated rings. The maximum atomic E-state index is 3.88. The van der Waals surface area contributed by atoms with Crippen molar-refractivity contribution in [3.8, 4) is 0 Å². The summed E-state index contributed by atoms with van der Waals surface area (Å²) in [7, 11) is 4.29. The Balaban J connectivity index is 1.63. The Morgan fingerprint density at radius 1 is 0.893 bits per heavy atom. The van der Waals surface area contributed by atoms with Crippen LogP contribution in [0.25, 0.3) is 0 Å². The van der Waals surface area contributed by atoms with Gasteiger partial charge in [0, 0.05) is 23.5 Å². The quantitative estimate of drug-likeness (QED) is 0.563. The smallest absolute Gasteiger partial charge is 0.0667 e. The van der Waals surface area contributed by atoms with Gasteiger partial charge in [0.2, 0.25) is 0 Å². The molecule has 0 amide bonds. The second-order valence-electron chi connectivity index (χ2n) is 8.02. The van der Waals surface area contributed by atoms with E-state index in [1.54, 1.807) is 0 Å². The van der Waals surface area contributed by atoms with Gasteiger partial charge in [0.25, 0.3) is 0 Å². The highest BCUT2D eigenvalue weighted by Crippen LogP contribution is 2.43. The lowest BCUT2D eigenvalue weighted by Gasteiger charge is -2.32. The van der Waals surface area contributed by atoms with Crippen molar-refractivity contribution in [2.45, 2.75) is 24.8 Å². The average Bonchev–Trinajstić information content (AvgIpc) is 3.08. The molecule has 28 heavy (non-hydrogen) atoms. The highest BCUT2D eigenvalue weighted by Gasteiger charge is 2.37. The average molecular weight is 372 g/mol. The van der Waals surface area contributed by atoms with Crippen LogP contribution >= 0.6 is 0 Å². The molecule has 1 unspecified atom stereocenters. The molecule has 1 aliphatic heterocycles. The lowest BCUT2D eigenvalue weighted by Crippen LogP contribution is -2.34. The highest BCUT2D eigenvalue weighted by atomic mass is 15.1. The van der Waals surface area contributed by atoms with E-state index in [2.05, 4.69) is 102 Å². The normalized spacial score (nSPS) is 18.0. The second kappa shape index (κ2) is 8.07. The first kappa shape index (κ1) is 18.6. The standard InChI is InChI=1S/C25H29N3/c1-28(2)17-9-16-25(19-20-10-6-7-15-24(20)27-25)21-11-8-14-23(18-21)26-22-12-4-3-5-13-22/h3-8,10-15,18,26-27H,9,16-17,19H2,1-2H3. The fraction of sp³-hybridized carbons (Fsp3) is 0.280. The fourth-order valence-electron chi connectivity index (χ4n) is 4.17. The number of fused-ring (bicyclic) bond motifs is 1. The Bertz CT molecular complexity index is 893. The van der Waals surface area contributed by atoms with Gasteiger partial charge in [-0.2, -0.15) is 0 Å². The molecule has 0 saturated carbocycles. The van der Waals surface area contributed by atoms with Crippen molar-refractivity contribution >= 4 is 17.1 Å². The SMILES string of the molecule is CN(C)CCCC1(c2cccc(Nc3ccccc3)c2)Cc2ccccc2N1. The molecule has 3 nitrogen and oxygen atoms in total. The predicted octanol–water partition coefficient (Wildman–Crippen LogP) is 5.64. The van der Waals surface area contributed by atoms with Gasteiger partial charge in [-0.3, -0.25) is 0 Å². The van der Waals surface area contributed by atoms with Crippen molar-refractivity contribution in [2.75, 3.05) is 31.3 Å². The summed E-state index contributed by atoms with van der Waals surface area (Å²) in [5, 5.41) is 7.43. The van der Waals surface area contributed by atoms with Crippen LogP contribution in [0.1, 0.15) is 24.0 Å². The summed E-state index contributed by atoms with van der Waals surface area (Å²) in [6, 6.07) is 28.0. The summed E-state index contributed by atoms with van der Waals surface area (Å²) in [4.78, 5) is 2.27. The number of nitrogens with zero attached hydrogens (tertiary/aromatic N) is 1. The summed E-state index contributed by atoms with van der Waals surface area (Å²) in [6.07, 6.45) is 3.30. The molecular weight excluding hydrogens is 342 g/mol. The minimum absolute atomic E-state index is 0.0475. The molecule has 0 saturated heterocycles. The van der Waals surface area contributed by atoms with Crippen molar-refractivity contribution in [2.24, 2.45) is 0 Å². The van der Waals surface area contributed by atoms with Crippen LogP contribution in [-0.4, -0.2) is 25.5 Å². The number of benzene rings is 3. The molecule has 2 N–H and O–H groups in total. The summed E-state index contributed by atoms with van der Waals surface area (Å²) in [5.41, 5.74) is 6.23. The Labute approximate surface area is 168 Å². The molecule has 0 aliphatic carbocycles. The van der Waals surface area contributed by atoms with E-state index in [0.29, 0.717) is 0 Å². The van der Waals surface area contributed by atoms with Crippen molar-refractivity contribution in [3.63, 3.8) is 0 Å². The maximum Gasteiger partial charge on any atom is 0.0667 e. The van der Waals surface area contributed by atoms with Crippen LogP contribution in [0.5, 0.6) is 0 Å². The monoisotopic (exact) mass is 371 g/mol. The summed E-state index contributed by atoms with van der Waals surface area (Å²) in [6.45, 7) is 1.10. The van der Waals surface area contributed by atoms with Gasteiger partial charge < -0.3 is 15.5 Å². The van der Waals surface area contributed by atoms with Gasteiger partial charge in [-0.1, -0.05) is 48.5 Å². The molecule has 0 aromatic heterocycles. The van der Waals surface area contributed by atoms with Gasteiger partial charge in [-0.05, 0) is 74.9 Å². The van der Waals surface area contributed by atoms with Crippen LogP contribution in [-0.2, 0) is 12.0 Å². The molecule has 1 aliphatic rings. The zero-order valence-electron chi connectivity index (χ0n) is 16.8. The summed E-state index contributed by atoms with van der Waals surface area (Å²) < 4.78 is 0. The van der Waals surface area contributed by atoms with E-state index in [9.17, 15) is 0 Å². The number of hydrogen-bond acceptors (Lipinski definition) is 3. The van der Waals surface area contributed by atoms with E-state index >= 15 is 0 Å².